The highest BCUT2D eigenvalue weighted by molar-refractivity contribution is 5.89. The Labute approximate surface area is 60.6 Å². The van der Waals surface area contributed by atoms with Gasteiger partial charge < -0.3 is 4.74 Å². The molecule has 1 aliphatic heterocycles. The fourth-order valence-electron chi connectivity index (χ4n) is 2.26. The Morgan fingerprint density at radius 2 is 2.40 bits per heavy atom. The summed E-state index contributed by atoms with van der Waals surface area (Å²) in [7, 11) is 0. The Bertz CT molecular complexity index is 188. The molecule has 0 aromatic carbocycles. The fraction of sp³-hybridized carbons (Fsp3) is 0.875. The minimum Gasteiger partial charge on any atom is -0.377 e. The molecule has 3 atom stereocenters. The monoisotopic (exact) mass is 140 g/mol. The van der Waals surface area contributed by atoms with Gasteiger partial charge in [-0.05, 0) is 6.92 Å². The molecular formula is C8H12O2. The second-order valence-corrected chi connectivity index (χ2v) is 3.79. The number of hydrogen-bond donors (Lipinski definition) is 0. The summed E-state index contributed by atoms with van der Waals surface area (Å²) in [6.45, 7) is 4.92. The van der Waals surface area contributed by atoms with Gasteiger partial charge in [0.2, 0.25) is 0 Å². The van der Waals surface area contributed by atoms with Crippen molar-refractivity contribution < 1.29 is 9.53 Å². The molecule has 2 heteroatoms. The van der Waals surface area contributed by atoms with Gasteiger partial charge in [-0.2, -0.15) is 0 Å². The van der Waals surface area contributed by atoms with Crippen LogP contribution in [-0.2, 0) is 9.53 Å². The first-order chi connectivity index (χ1) is 4.63. The van der Waals surface area contributed by atoms with Crippen LogP contribution in [0.15, 0.2) is 0 Å². The molecule has 0 spiro atoms. The number of carbonyl (C=O) groups excluding carboxylic acids is 1. The lowest BCUT2D eigenvalue weighted by Gasteiger charge is -2.39. The zero-order chi connectivity index (χ0) is 7.35. The van der Waals surface area contributed by atoms with Gasteiger partial charge in [-0.3, -0.25) is 4.79 Å². The minimum atomic E-state index is 0.172. The van der Waals surface area contributed by atoms with Crippen LogP contribution in [0.2, 0.25) is 0 Å². The van der Waals surface area contributed by atoms with Crippen LogP contribution >= 0.6 is 0 Å². The number of Topliss-reactive ketones (excluding diaryl/α,β-unsaturated/α-hetero) is 1. The van der Waals surface area contributed by atoms with Crippen LogP contribution in [0.5, 0.6) is 0 Å². The van der Waals surface area contributed by atoms with Crippen molar-refractivity contribution in [3.05, 3.63) is 0 Å². The molecule has 56 valence electrons. The predicted octanol–water partition coefficient (Wildman–Crippen LogP) is 1.00. The first-order valence-electron chi connectivity index (χ1n) is 3.78. The Hall–Kier alpha value is -0.370. The number of rotatable bonds is 0. The Morgan fingerprint density at radius 3 is 2.80 bits per heavy atom. The van der Waals surface area contributed by atoms with Crippen molar-refractivity contribution in [3.63, 3.8) is 0 Å². The fourth-order valence-corrected chi connectivity index (χ4v) is 2.26. The first kappa shape index (κ1) is 6.35. The molecular weight excluding hydrogens is 128 g/mol. The summed E-state index contributed by atoms with van der Waals surface area (Å²) in [5, 5.41) is 0. The highest BCUT2D eigenvalue weighted by Crippen LogP contribution is 2.50. The summed E-state index contributed by atoms with van der Waals surface area (Å²) in [4.78, 5) is 11.0. The average Bonchev–Trinajstić information content (AvgIpc) is 2.03. The zero-order valence-corrected chi connectivity index (χ0v) is 6.39. The van der Waals surface area contributed by atoms with E-state index in [1.165, 1.54) is 0 Å². The molecule has 0 amide bonds. The second kappa shape index (κ2) is 1.62. The molecule has 0 N–H and O–H groups in total. The van der Waals surface area contributed by atoms with Crippen molar-refractivity contribution in [2.24, 2.45) is 11.3 Å². The number of fused-ring (bicyclic) bond motifs is 1. The maximum atomic E-state index is 11.0. The van der Waals surface area contributed by atoms with Crippen molar-refractivity contribution in [2.75, 3.05) is 6.61 Å². The highest BCUT2D eigenvalue weighted by Gasteiger charge is 2.57. The normalized spacial score (nSPS) is 52.4. The Morgan fingerprint density at radius 1 is 1.70 bits per heavy atom. The van der Waals surface area contributed by atoms with Crippen LogP contribution in [0, 0.1) is 11.3 Å². The molecule has 1 heterocycles. The molecule has 1 aliphatic carbocycles. The van der Waals surface area contributed by atoms with Crippen LogP contribution in [-0.4, -0.2) is 18.5 Å². The predicted molar refractivity (Wildman–Crippen MR) is 36.6 cm³/mol. The van der Waals surface area contributed by atoms with Gasteiger partial charge in [0.15, 0.2) is 0 Å². The second-order valence-electron chi connectivity index (χ2n) is 3.79. The summed E-state index contributed by atoms with van der Waals surface area (Å²) in [5.41, 5.74) is 0.205. The number of hydrogen-bond acceptors (Lipinski definition) is 2. The number of carbonyl (C=O) groups is 1. The molecule has 0 bridgehead atoms. The summed E-state index contributed by atoms with van der Waals surface area (Å²) in [6.07, 6.45) is 0.911. The van der Waals surface area contributed by atoms with E-state index in [2.05, 4.69) is 6.92 Å². The van der Waals surface area contributed by atoms with Gasteiger partial charge in [0.1, 0.15) is 5.78 Å². The van der Waals surface area contributed by atoms with Crippen molar-refractivity contribution in [1.29, 1.82) is 0 Å². The smallest absolute Gasteiger partial charge is 0.139 e. The third kappa shape index (κ3) is 0.553. The third-order valence-electron chi connectivity index (χ3n) is 2.82. The molecule has 0 aromatic rings. The standard InChI is InChI=1S/C8H12O2/c1-5-7-6(9)3-8(7,2)4-10-5/h5,7H,3-4H2,1-2H3. The summed E-state index contributed by atoms with van der Waals surface area (Å²) in [5.74, 6) is 0.611. The lowest BCUT2D eigenvalue weighted by Crippen LogP contribution is -2.47. The number of ether oxygens (including phenoxy) is 1. The third-order valence-corrected chi connectivity index (χ3v) is 2.82. The molecule has 1 saturated carbocycles. The van der Waals surface area contributed by atoms with E-state index < -0.39 is 0 Å². The Balaban J connectivity index is 2.24. The summed E-state index contributed by atoms with van der Waals surface area (Å²) >= 11 is 0. The molecule has 10 heavy (non-hydrogen) atoms. The van der Waals surface area contributed by atoms with Gasteiger partial charge in [0.25, 0.3) is 0 Å². The van der Waals surface area contributed by atoms with E-state index in [1.807, 2.05) is 6.92 Å². The van der Waals surface area contributed by atoms with Gasteiger partial charge in [-0.15, -0.1) is 0 Å². The first-order valence-corrected chi connectivity index (χ1v) is 3.78. The largest absolute Gasteiger partial charge is 0.377 e. The maximum absolute atomic E-state index is 11.0. The van der Waals surface area contributed by atoms with Crippen molar-refractivity contribution in [1.82, 2.24) is 0 Å². The van der Waals surface area contributed by atoms with E-state index in [4.69, 9.17) is 4.74 Å². The van der Waals surface area contributed by atoms with Gasteiger partial charge in [0.05, 0.1) is 18.6 Å². The van der Waals surface area contributed by atoms with E-state index in [-0.39, 0.29) is 17.4 Å². The Kier molecular flexibility index (Phi) is 1.03. The van der Waals surface area contributed by atoms with E-state index in [1.54, 1.807) is 0 Å². The molecule has 3 unspecified atom stereocenters. The molecule has 2 rings (SSSR count). The van der Waals surface area contributed by atoms with Crippen LogP contribution in [0.4, 0.5) is 0 Å². The lowest BCUT2D eigenvalue weighted by atomic mass is 9.61. The molecule has 1 saturated heterocycles. The minimum absolute atomic E-state index is 0.172. The molecule has 2 nitrogen and oxygen atoms in total. The van der Waals surface area contributed by atoms with Gasteiger partial charge in [-0.25, -0.2) is 0 Å². The molecule has 2 fully saturated rings. The van der Waals surface area contributed by atoms with E-state index in [9.17, 15) is 4.79 Å². The average molecular weight is 140 g/mol. The lowest BCUT2D eigenvalue weighted by molar-refractivity contribution is -0.138. The van der Waals surface area contributed by atoms with Crippen molar-refractivity contribution in [3.8, 4) is 0 Å². The van der Waals surface area contributed by atoms with Crippen LogP contribution in [0.25, 0.3) is 0 Å². The van der Waals surface area contributed by atoms with E-state index in [0.29, 0.717) is 5.78 Å². The van der Waals surface area contributed by atoms with Crippen LogP contribution in [0.3, 0.4) is 0 Å². The van der Waals surface area contributed by atoms with E-state index in [0.717, 1.165) is 13.0 Å². The molecule has 2 aliphatic rings. The van der Waals surface area contributed by atoms with Crippen molar-refractivity contribution >= 4 is 5.78 Å². The summed E-state index contributed by atoms with van der Waals surface area (Å²) in [6, 6.07) is 0. The van der Waals surface area contributed by atoms with Gasteiger partial charge in [0, 0.05) is 11.8 Å². The van der Waals surface area contributed by atoms with Gasteiger partial charge >= 0.3 is 0 Å². The SMILES string of the molecule is CC1OCC2(C)CC(=O)C12. The van der Waals surface area contributed by atoms with Crippen LogP contribution in [0.1, 0.15) is 20.3 Å². The summed E-state index contributed by atoms with van der Waals surface area (Å²) < 4.78 is 5.39. The quantitative estimate of drug-likeness (QED) is 0.501. The topological polar surface area (TPSA) is 26.3 Å². The van der Waals surface area contributed by atoms with Gasteiger partial charge in [-0.1, -0.05) is 6.92 Å². The molecule has 0 aromatic heterocycles. The zero-order valence-electron chi connectivity index (χ0n) is 6.39. The highest BCUT2D eigenvalue weighted by atomic mass is 16.5. The maximum Gasteiger partial charge on any atom is 0.139 e. The van der Waals surface area contributed by atoms with Crippen LogP contribution < -0.4 is 0 Å². The van der Waals surface area contributed by atoms with Crippen molar-refractivity contribution in [2.45, 2.75) is 26.4 Å². The van der Waals surface area contributed by atoms with E-state index >= 15 is 0 Å². The number of ketones is 1. The molecule has 0 radical (unpaired) electrons.